The van der Waals surface area contributed by atoms with E-state index >= 15 is 0 Å². The van der Waals surface area contributed by atoms with E-state index in [1.165, 1.54) is 0 Å². The number of halogens is 1. The van der Waals surface area contributed by atoms with E-state index in [1.54, 1.807) is 6.20 Å². The Morgan fingerprint density at radius 3 is 2.92 bits per heavy atom. The normalized spacial score (nSPS) is 9.75. The van der Waals surface area contributed by atoms with Crippen LogP contribution in [0, 0.1) is 6.92 Å². The Morgan fingerprint density at radius 1 is 1.42 bits per heavy atom. The number of aromatic nitrogens is 2. The van der Waals surface area contributed by atoms with Gasteiger partial charge in [-0.1, -0.05) is 0 Å². The molecule has 0 saturated heterocycles. The van der Waals surface area contributed by atoms with Crippen LogP contribution in [-0.2, 0) is 0 Å². The zero-order chi connectivity index (χ0) is 7.84. The first-order valence-electron chi connectivity index (χ1n) is 3.46. The van der Waals surface area contributed by atoms with E-state index in [0.717, 1.165) is 22.2 Å². The number of aromatic amines is 1. The SMILES string of the molecule is Cc1cc2[nH]ncc2cc1N.Cl. The number of nitrogens with one attached hydrogen (secondary N) is 1. The molecule has 1 aromatic heterocycles. The summed E-state index contributed by atoms with van der Waals surface area (Å²) in [6.45, 7) is 1.98. The minimum Gasteiger partial charge on any atom is -0.398 e. The lowest BCUT2D eigenvalue weighted by molar-refractivity contribution is 1.12. The van der Waals surface area contributed by atoms with Gasteiger partial charge in [0.15, 0.2) is 0 Å². The Bertz CT molecular complexity index is 358. The van der Waals surface area contributed by atoms with Crippen molar-refractivity contribution in [1.29, 1.82) is 0 Å². The lowest BCUT2D eigenvalue weighted by Crippen LogP contribution is -1.87. The molecule has 0 aliphatic heterocycles. The Morgan fingerprint density at radius 2 is 2.17 bits per heavy atom. The van der Waals surface area contributed by atoms with Crippen LogP contribution in [0.3, 0.4) is 0 Å². The van der Waals surface area contributed by atoms with Gasteiger partial charge in [0.2, 0.25) is 0 Å². The fraction of sp³-hybridized carbons (Fsp3) is 0.125. The average Bonchev–Trinajstić information content (AvgIpc) is 2.36. The summed E-state index contributed by atoms with van der Waals surface area (Å²) >= 11 is 0. The predicted octanol–water partition coefficient (Wildman–Crippen LogP) is 1.88. The first-order chi connectivity index (χ1) is 5.27. The van der Waals surface area contributed by atoms with Gasteiger partial charge in [-0.05, 0) is 24.6 Å². The zero-order valence-corrected chi connectivity index (χ0v) is 7.48. The minimum absolute atomic E-state index is 0. The van der Waals surface area contributed by atoms with E-state index in [9.17, 15) is 0 Å². The Hall–Kier alpha value is -1.22. The lowest BCUT2D eigenvalue weighted by Gasteiger charge is -1.97. The molecular formula is C8H10ClN3. The van der Waals surface area contributed by atoms with Crippen LogP contribution in [0.15, 0.2) is 18.3 Å². The Labute approximate surface area is 76.4 Å². The molecule has 0 fully saturated rings. The molecule has 0 aliphatic rings. The third kappa shape index (κ3) is 1.23. The van der Waals surface area contributed by atoms with Crippen molar-refractivity contribution in [2.45, 2.75) is 6.92 Å². The number of H-pyrrole nitrogens is 1. The highest BCUT2D eigenvalue weighted by atomic mass is 35.5. The van der Waals surface area contributed by atoms with Crippen LogP contribution in [0.25, 0.3) is 10.9 Å². The molecule has 12 heavy (non-hydrogen) atoms. The van der Waals surface area contributed by atoms with Crippen LogP contribution in [0.1, 0.15) is 5.56 Å². The maximum atomic E-state index is 5.70. The average molecular weight is 184 g/mol. The number of benzene rings is 1. The molecule has 2 rings (SSSR count). The number of nitrogens with zero attached hydrogens (tertiary/aromatic N) is 1. The van der Waals surface area contributed by atoms with Crippen molar-refractivity contribution >= 4 is 29.0 Å². The fourth-order valence-electron chi connectivity index (χ4n) is 1.12. The van der Waals surface area contributed by atoms with Gasteiger partial charge in [0.25, 0.3) is 0 Å². The van der Waals surface area contributed by atoms with E-state index in [-0.39, 0.29) is 12.4 Å². The first kappa shape index (κ1) is 8.87. The second-order valence-electron chi connectivity index (χ2n) is 2.67. The Balaban J connectivity index is 0.000000720. The molecule has 0 amide bonds. The van der Waals surface area contributed by atoms with Gasteiger partial charge in [0.1, 0.15) is 0 Å². The number of aryl methyl sites for hydroxylation is 1. The van der Waals surface area contributed by atoms with Crippen molar-refractivity contribution in [3.05, 3.63) is 23.9 Å². The second kappa shape index (κ2) is 3.03. The van der Waals surface area contributed by atoms with Gasteiger partial charge in [-0.15, -0.1) is 12.4 Å². The summed E-state index contributed by atoms with van der Waals surface area (Å²) in [4.78, 5) is 0. The molecule has 2 aromatic rings. The number of nitrogen functional groups attached to an aromatic ring is 1. The number of hydrogen-bond donors (Lipinski definition) is 2. The number of hydrogen-bond acceptors (Lipinski definition) is 2. The molecule has 0 atom stereocenters. The van der Waals surface area contributed by atoms with Crippen molar-refractivity contribution in [1.82, 2.24) is 10.2 Å². The zero-order valence-electron chi connectivity index (χ0n) is 6.66. The summed E-state index contributed by atoms with van der Waals surface area (Å²) in [5.41, 5.74) is 8.65. The molecule has 0 aliphatic carbocycles. The van der Waals surface area contributed by atoms with Crippen LogP contribution in [0.4, 0.5) is 5.69 Å². The topological polar surface area (TPSA) is 54.7 Å². The summed E-state index contributed by atoms with van der Waals surface area (Å²) < 4.78 is 0. The minimum atomic E-state index is 0. The van der Waals surface area contributed by atoms with Crippen LogP contribution in [0.2, 0.25) is 0 Å². The molecule has 3 N–H and O–H groups in total. The summed E-state index contributed by atoms with van der Waals surface area (Å²) in [7, 11) is 0. The number of nitrogens with two attached hydrogens (primary N) is 1. The van der Waals surface area contributed by atoms with Gasteiger partial charge >= 0.3 is 0 Å². The largest absolute Gasteiger partial charge is 0.398 e. The van der Waals surface area contributed by atoms with Gasteiger partial charge in [0.05, 0.1) is 11.7 Å². The molecular weight excluding hydrogens is 174 g/mol. The van der Waals surface area contributed by atoms with Crippen LogP contribution < -0.4 is 5.73 Å². The molecule has 1 aromatic carbocycles. The monoisotopic (exact) mass is 183 g/mol. The van der Waals surface area contributed by atoms with E-state index in [4.69, 9.17) is 5.73 Å². The van der Waals surface area contributed by atoms with Crippen LogP contribution in [0.5, 0.6) is 0 Å². The molecule has 0 radical (unpaired) electrons. The molecule has 0 saturated carbocycles. The fourth-order valence-corrected chi connectivity index (χ4v) is 1.12. The summed E-state index contributed by atoms with van der Waals surface area (Å²) in [6.07, 6.45) is 1.77. The predicted molar refractivity (Wildman–Crippen MR) is 52.5 cm³/mol. The standard InChI is InChI=1S/C8H9N3.ClH/c1-5-2-8-6(3-7(5)9)4-10-11-8;/h2-4H,9H2,1H3,(H,10,11);1H. The van der Waals surface area contributed by atoms with E-state index < -0.39 is 0 Å². The third-order valence-electron chi connectivity index (χ3n) is 1.83. The van der Waals surface area contributed by atoms with Crippen molar-refractivity contribution in [2.24, 2.45) is 0 Å². The number of fused-ring (bicyclic) bond motifs is 1. The molecule has 0 unspecified atom stereocenters. The smallest absolute Gasteiger partial charge is 0.0654 e. The molecule has 64 valence electrons. The van der Waals surface area contributed by atoms with E-state index in [2.05, 4.69) is 10.2 Å². The highest BCUT2D eigenvalue weighted by Crippen LogP contribution is 2.18. The van der Waals surface area contributed by atoms with Gasteiger partial charge in [-0.25, -0.2) is 0 Å². The summed E-state index contributed by atoms with van der Waals surface area (Å²) in [5, 5.41) is 7.85. The molecule has 0 bridgehead atoms. The summed E-state index contributed by atoms with van der Waals surface area (Å²) in [5.74, 6) is 0. The number of anilines is 1. The van der Waals surface area contributed by atoms with Crippen LogP contribution in [-0.4, -0.2) is 10.2 Å². The molecule has 0 spiro atoms. The van der Waals surface area contributed by atoms with Gasteiger partial charge in [-0.2, -0.15) is 5.10 Å². The van der Waals surface area contributed by atoms with E-state index in [0.29, 0.717) is 0 Å². The van der Waals surface area contributed by atoms with Crippen molar-refractivity contribution in [3.63, 3.8) is 0 Å². The first-order valence-corrected chi connectivity index (χ1v) is 3.46. The van der Waals surface area contributed by atoms with Crippen molar-refractivity contribution in [3.8, 4) is 0 Å². The maximum absolute atomic E-state index is 5.70. The van der Waals surface area contributed by atoms with Crippen LogP contribution >= 0.6 is 12.4 Å². The third-order valence-corrected chi connectivity index (χ3v) is 1.83. The molecule has 3 nitrogen and oxygen atoms in total. The molecule has 1 heterocycles. The quantitative estimate of drug-likeness (QED) is 0.613. The Kier molecular flexibility index (Phi) is 2.24. The number of rotatable bonds is 0. The maximum Gasteiger partial charge on any atom is 0.0654 e. The van der Waals surface area contributed by atoms with Gasteiger partial charge in [0, 0.05) is 11.1 Å². The van der Waals surface area contributed by atoms with Crippen molar-refractivity contribution in [2.75, 3.05) is 5.73 Å². The van der Waals surface area contributed by atoms with Gasteiger partial charge in [-0.3, -0.25) is 5.10 Å². The van der Waals surface area contributed by atoms with E-state index in [1.807, 2.05) is 19.1 Å². The highest BCUT2D eigenvalue weighted by Gasteiger charge is 1.98. The molecule has 4 heteroatoms. The lowest BCUT2D eigenvalue weighted by atomic mass is 10.1. The second-order valence-corrected chi connectivity index (χ2v) is 2.67. The summed E-state index contributed by atoms with van der Waals surface area (Å²) in [6, 6.07) is 3.92. The van der Waals surface area contributed by atoms with Gasteiger partial charge < -0.3 is 5.73 Å². The van der Waals surface area contributed by atoms with Crippen molar-refractivity contribution < 1.29 is 0 Å². The highest BCUT2D eigenvalue weighted by molar-refractivity contribution is 5.85.